The molecule has 5 nitrogen and oxygen atoms in total. The van der Waals surface area contributed by atoms with Crippen molar-refractivity contribution in [2.75, 3.05) is 0 Å². The average molecular weight is 325 g/mol. The molecule has 0 radical (unpaired) electrons. The lowest BCUT2D eigenvalue weighted by Gasteiger charge is -2.14. The Bertz CT molecular complexity index is 594. The van der Waals surface area contributed by atoms with Crippen LogP contribution >= 0.6 is 0 Å². The maximum absolute atomic E-state index is 12.1. The molecule has 1 aromatic rings. The van der Waals surface area contributed by atoms with Crippen LogP contribution in [0, 0.1) is 0 Å². The molecule has 0 amide bonds. The molecule has 20 heavy (non-hydrogen) atoms. The average Bonchev–Trinajstić information content (AvgIpc) is 2.09. The lowest BCUT2D eigenvalue weighted by atomic mass is 10.3. The predicted octanol–water partition coefficient (Wildman–Crippen LogP) is 2.13. The largest absolute Gasteiger partial charge is 0.573 e. The highest BCUT2D eigenvalue weighted by Crippen LogP contribution is 2.34. The van der Waals surface area contributed by atoms with Crippen molar-refractivity contribution in [3.8, 4) is 11.5 Å². The molecule has 0 saturated carbocycles. The number of nitrogens with two attached hydrogens (primary N) is 1. The number of sulfonamides is 1. The maximum atomic E-state index is 12.1. The quantitative estimate of drug-likeness (QED) is 0.864. The molecule has 0 aliphatic rings. The van der Waals surface area contributed by atoms with E-state index in [0.29, 0.717) is 12.1 Å². The highest BCUT2D eigenvalue weighted by atomic mass is 32.2. The highest BCUT2D eigenvalue weighted by molar-refractivity contribution is 7.89. The number of primary sulfonamides is 1. The minimum atomic E-state index is -5.32. The number of halogens is 6. The van der Waals surface area contributed by atoms with E-state index in [2.05, 4.69) is 14.6 Å². The zero-order valence-electron chi connectivity index (χ0n) is 9.12. The third-order valence-corrected chi connectivity index (χ3v) is 2.63. The third-order valence-electron chi connectivity index (χ3n) is 1.68. The second-order valence-corrected chi connectivity index (χ2v) is 4.78. The molecule has 114 valence electrons. The summed E-state index contributed by atoms with van der Waals surface area (Å²) in [6.07, 6.45) is -10.5. The molecule has 0 aliphatic carbocycles. The van der Waals surface area contributed by atoms with Crippen molar-refractivity contribution in [3.63, 3.8) is 0 Å². The molecule has 0 fully saturated rings. The van der Waals surface area contributed by atoms with Gasteiger partial charge in [-0.05, 0) is 12.1 Å². The van der Waals surface area contributed by atoms with Crippen LogP contribution in [0.25, 0.3) is 0 Å². The monoisotopic (exact) mass is 325 g/mol. The fourth-order valence-electron chi connectivity index (χ4n) is 1.13. The Balaban J connectivity index is 3.29. The molecule has 0 bridgehead atoms. The Hall–Kier alpha value is -1.69. The van der Waals surface area contributed by atoms with Crippen LogP contribution in [0.5, 0.6) is 11.5 Å². The van der Waals surface area contributed by atoms with Crippen LogP contribution in [0.2, 0.25) is 0 Å². The van der Waals surface area contributed by atoms with Gasteiger partial charge in [-0.2, -0.15) is 0 Å². The normalized spacial score (nSPS) is 13.2. The Morgan fingerprint density at radius 3 is 1.85 bits per heavy atom. The first-order valence-electron chi connectivity index (χ1n) is 4.46. The molecular weight excluding hydrogens is 320 g/mol. The summed E-state index contributed by atoms with van der Waals surface area (Å²) in [6, 6.07) is 0.995. The first-order valence-corrected chi connectivity index (χ1v) is 6.01. The van der Waals surface area contributed by atoms with Gasteiger partial charge in [0.1, 0.15) is 10.6 Å². The van der Waals surface area contributed by atoms with Gasteiger partial charge in [0.05, 0.1) is 0 Å². The molecule has 1 rings (SSSR count). The van der Waals surface area contributed by atoms with Crippen molar-refractivity contribution in [1.82, 2.24) is 0 Å². The fraction of sp³-hybridized carbons (Fsp3) is 0.250. The zero-order valence-corrected chi connectivity index (χ0v) is 9.93. The summed E-state index contributed by atoms with van der Waals surface area (Å²) in [4.78, 5) is -1.13. The molecule has 0 unspecified atom stereocenters. The number of ether oxygens (including phenoxy) is 2. The number of hydrogen-bond acceptors (Lipinski definition) is 4. The van der Waals surface area contributed by atoms with Gasteiger partial charge in [-0.25, -0.2) is 13.6 Å². The van der Waals surface area contributed by atoms with Gasteiger partial charge in [0, 0.05) is 6.07 Å². The van der Waals surface area contributed by atoms with E-state index in [4.69, 9.17) is 0 Å². The lowest BCUT2D eigenvalue weighted by Crippen LogP contribution is -2.22. The highest BCUT2D eigenvalue weighted by Gasteiger charge is 2.35. The number of hydrogen-bond donors (Lipinski definition) is 1. The number of benzene rings is 1. The molecule has 0 aliphatic heterocycles. The van der Waals surface area contributed by atoms with E-state index in [0.717, 1.165) is 0 Å². The first-order chi connectivity index (χ1) is 8.78. The minimum Gasteiger partial charge on any atom is -0.406 e. The van der Waals surface area contributed by atoms with Gasteiger partial charge in [-0.15, -0.1) is 26.3 Å². The summed E-state index contributed by atoms with van der Waals surface area (Å²) < 4.78 is 101. The van der Waals surface area contributed by atoms with Gasteiger partial charge < -0.3 is 9.47 Å². The molecule has 0 atom stereocenters. The van der Waals surface area contributed by atoms with Crippen LogP contribution in [0.1, 0.15) is 0 Å². The molecule has 12 heteroatoms. The van der Waals surface area contributed by atoms with Gasteiger partial charge in [-0.1, -0.05) is 0 Å². The Morgan fingerprint density at radius 2 is 1.45 bits per heavy atom. The van der Waals surface area contributed by atoms with Crippen molar-refractivity contribution in [2.24, 2.45) is 5.14 Å². The summed E-state index contributed by atoms with van der Waals surface area (Å²) in [5.41, 5.74) is 0. The summed E-state index contributed by atoms with van der Waals surface area (Å²) in [5.74, 6) is -2.52. The third kappa shape index (κ3) is 5.13. The smallest absolute Gasteiger partial charge is 0.406 e. The van der Waals surface area contributed by atoms with Gasteiger partial charge in [-0.3, -0.25) is 0 Å². The van der Waals surface area contributed by atoms with Crippen molar-refractivity contribution >= 4 is 10.0 Å². The summed E-state index contributed by atoms with van der Waals surface area (Å²) in [6.45, 7) is 0. The van der Waals surface area contributed by atoms with E-state index in [1.54, 1.807) is 0 Å². The second kappa shape index (κ2) is 5.01. The second-order valence-electron chi connectivity index (χ2n) is 3.25. The molecule has 0 spiro atoms. The van der Waals surface area contributed by atoms with E-state index >= 15 is 0 Å². The van der Waals surface area contributed by atoms with E-state index < -0.39 is 39.1 Å². The fourth-order valence-corrected chi connectivity index (χ4v) is 1.76. The van der Waals surface area contributed by atoms with E-state index in [-0.39, 0.29) is 6.07 Å². The SMILES string of the molecule is NS(=O)(=O)c1ccc(OC(F)(F)F)cc1OC(F)(F)F. The maximum Gasteiger partial charge on any atom is 0.573 e. The van der Waals surface area contributed by atoms with E-state index in [9.17, 15) is 34.8 Å². The van der Waals surface area contributed by atoms with Crippen molar-refractivity contribution in [1.29, 1.82) is 0 Å². The lowest BCUT2D eigenvalue weighted by molar-refractivity contribution is -0.277. The van der Waals surface area contributed by atoms with Gasteiger partial charge >= 0.3 is 12.7 Å². The van der Waals surface area contributed by atoms with Crippen LogP contribution < -0.4 is 14.6 Å². The molecular formula is C8H5F6NO4S. The number of alkyl halides is 6. The van der Waals surface area contributed by atoms with Gasteiger partial charge in [0.25, 0.3) is 0 Å². The van der Waals surface area contributed by atoms with Crippen LogP contribution in [0.4, 0.5) is 26.3 Å². The van der Waals surface area contributed by atoms with Crippen LogP contribution in [-0.2, 0) is 10.0 Å². The molecule has 0 heterocycles. The van der Waals surface area contributed by atoms with Crippen molar-refractivity contribution in [3.05, 3.63) is 18.2 Å². The standard InChI is InChI=1S/C8H5F6NO4S/c9-7(10,11)18-4-1-2-6(20(15,16)17)5(3-4)19-8(12,13)14/h1-3H,(H2,15,16,17). The Labute approximate surface area is 107 Å². The summed E-state index contributed by atoms with van der Waals surface area (Å²) >= 11 is 0. The summed E-state index contributed by atoms with van der Waals surface area (Å²) in [5, 5.41) is 4.62. The minimum absolute atomic E-state index is 0.112. The Morgan fingerprint density at radius 1 is 0.950 bits per heavy atom. The van der Waals surface area contributed by atoms with Crippen molar-refractivity contribution in [2.45, 2.75) is 17.6 Å². The molecule has 0 aromatic heterocycles. The Kier molecular flexibility index (Phi) is 4.10. The van der Waals surface area contributed by atoms with Crippen LogP contribution in [0.3, 0.4) is 0 Å². The van der Waals surface area contributed by atoms with Gasteiger partial charge in [0.15, 0.2) is 5.75 Å². The number of rotatable bonds is 3. The van der Waals surface area contributed by atoms with Crippen LogP contribution in [0.15, 0.2) is 23.1 Å². The predicted molar refractivity (Wildman–Crippen MR) is 51.2 cm³/mol. The van der Waals surface area contributed by atoms with Crippen LogP contribution in [-0.4, -0.2) is 21.1 Å². The topological polar surface area (TPSA) is 78.6 Å². The van der Waals surface area contributed by atoms with E-state index in [1.165, 1.54) is 0 Å². The van der Waals surface area contributed by atoms with Crippen molar-refractivity contribution < 1.29 is 44.2 Å². The van der Waals surface area contributed by atoms with E-state index in [1.807, 2.05) is 0 Å². The van der Waals surface area contributed by atoms with Gasteiger partial charge in [0.2, 0.25) is 10.0 Å². The molecule has 0 saturated heterocycles. The zero-order chi connectivity index (χ0) is 15.8. The summed E-state index contributed by atoms with van der Waals surface area (Å²) in [7, 11) is -4.63. The molecule has 1 aromatic carbocycles. The molecule has 2 N–H and O–H groups in total. The first kappa shape index (κ1) is 16.4.